The number of aromatic nitrogens is 3. The lowest BCUT2D eigenvalue weighted by atomic mass is 10.0. The normalized spacial score (nSPS) is 11.4. The van der Waals surface area contributed by atoms with Crippen LogP contribution in [0, 0.1) is 13.8 Å². The molecule has 2 heterocycles. The molecule has 0 amide bonds. The second-order valence-corrected chi connectivity index (χ2v) is 7.80. The predicted molar refractivity (Wildman–Crippen MR) is 130 cm³/mol. The molecule has 0 fully saturated rings. The number of H-pyrrole nitrogens is 1. The minimum atomic E-state index is -0.200. The number of fused-ring (bicyclic) bond motifs is 2. The maximum Gasteiger partial charge on any atom is 0.257 e. The molecule has 5 aromatic rings. The van der Waals surface area contributed by atoms with Crippen LogP contribution in [-0.2, 0) is 0 Å². The first kappa shape index (κ1) is 19.6. The molecule has 156 valence electrons. The Labute approximate surface area is 184 Å². The molecule has 32 heavy (non-hydrogen) atoms. The molecule has 0 unspecified atom stereocenters. The monoisotopic (exact) mass is 419 g/mol. The molecule has 0 aliphatic heterocycles. The Hall–Kier alpha value is -4.32. The standard InChI is InChI=1S/C26H21N5O/c1-16-9-11-22-21(12-16)24(18-6-4-3-5-7-18)30-26(29-22)31-27-15-20-14-19-10-8-17(2)13-23(19)28-25(20)32/h3-15H,1-2H3,(H,28,32)(H,29,30,31)/b27-15+. The van der Waals surface area contributed by atoms with Gasteiger partial charge in [0.05, 0.1) is 23.0 Å². The van der Waals surface area contributed by atoms with E-state index < -0.39 is 0 Å². The zero-order valence-corrected chi connectivity index (χ0v) is 17.8. The molecule has 2 N–H and O–H groups in total. The fourth-order valence-electron chi connectivity index (χ4n) is 3.70. The first-order valence-corrected chi connectivity index (χ1v) is 10.3. The van der Waals surface area contributed by atoms with Crippen LogP contribution in [0.1, 0.15) is 16.7 Å². The Kier molecular flexibility index (Phi) is 4.95. The first-order chi connectivity index (χ1) is 15.6. The van der Waals surface area contributed by atoms with Crippen molar-refractivity contribution in [2.24, 2.45) is 5.10 Å². The van der Waals surface area contributed by atoms with Gasteiger partial charge in [0.15, 0.2) is 0 Å². The van der Waals surface area contributed by atoms with Gasteiger partial charge in [0.25, 0.3) is 5.56 Å². The van der Waals surface area contributed by atoms with E-state index in [2.05, 4.69) is 26.6 Å². The van der Waals surface area contributed by atoms with Crippen molar-refractivity contribution in [3.63, 3.8) is 0 Å². The fraction of sp³-hybridized carbons (Fsp3) is 0.0769. The minimum Gasteiger partial charge on any atom is -0.321 e. The van der Waals surface area contributed by atoms with E-state index in [0.29, 0.717) is 11.5 Å². The number of nitrogens with zero attached hydrogens (tertiary/aromatic N) is 3. The summed E-state index contributed by atoms with van der Waals surface area (Å²) in [6.45, 7) is 4.04. The van der Waals surface area contributed by atoms with Crippen LogP contribution in [0.5, 0.6) is 0 Å². The van der Waals surface area contributed by atoms with Crippen molar-refractivity contribution in [3.05, 3.63) is 99.8 Å². The second kappa shape index (κ2) is 8.07. The third kappa shape index (κ3) is 3.86. The SMILES string of the molecule is Cc1ccc2cc(/C=N/Nc3nc(-c4ccccc4)c4cc(C)ccc4n3)c(=O)[nH]c2c1. The van der Waals surface area contributed by atoms with Crippen molar-refractivity contribution < 1.29 is 0 Å². The summed E-state index contributed by atoms with van der Waals surface area (Å²) in [7, 11) is 0. The number of hydrogen-bond donors (Lipinski definition) is 2. The fourth-order valence-corrected chi connectivity index (χ4v) is 3.70. The van der Waals surface area contributed by atoms with Crippen LogP contribution >= 0.6 is 0 Å². The van der Waals surface area contributed by atoms with Gasteiger partial charge in [-0.3, -0.25) is 4.79 Å². The summed E-state index contributed by atoms with van der Waals surface area (Å²) in [5.74, 6) is 0.365. The van der Waals surface area contributed by atoms with Gasteiger partial charge in [-0.15, -0.1) is 0 Å². The van der Waals surface area contributed by atoms with Gasteiger partial charge in [-0.25, -0.2) is 15.4 Å². The molecule has 6 nitrogen and oxygen atoms in total. The van der Waals surface area contributed by atoms with E-state index in [-0.39, 0.29) is 5.56 Å². The van der Waals surface area contributed by atoms with Crippen LogP contribution in [0.25, 0.3) is 33.1 Å². The lowest BCUT2D eigenvalue weighted by Gasteiger charge is -2.09. The number of hydrazone groups is 1. The van der Waals surface area contributed by atoms with E-state index in [1.54, 1.807) is 0 Å². The van der Waals surface area contributed by atoms with Gasteiger partial charge in [0, 0.05) is 16.5 Å². The summed E-state index contributed by atoms with van der Waals surface area (Å²) in [6, 6.07) is 23.8. The molecule has 6 heteroatoms. The lowest BCUT2D eigenvalue weighted by Crippen LogP contribution is -2.12. The van der Waals surface area contributed by atoms with E-state index in [1.807, 2.05) is 80.6 Å². The van der Waals surface area contributed by atoms with Crippen LogP contribution in [0.3, 0.4) is 0 Å². The third-order valence-corrected chi connectivity index (χ3v) is 5.30. The minimum absolute atomic E-state index is 0.200. The highest BCUT2D eigenvalue weighted by molar-refractivity contribution is 5.93. The van der Waals surface area contributed by atoms with Gasteiger partial charge in [0.2, 0.25) is 5.95 Å². The van der Waals surface area contributed by atoms with E-state index in [1.165, 1.54) is 6.21 Å². The van der Waals surface area contributed by atoms with Crippen molar-refractivity contribution in [1.29, 1.82) is 0 Å². The molecule has 0 aliphatic carbocycles. The lowest BCUT2D eigenvalue weighted by molar-refractivity contribution is 1.15. The summed E-state index contributed by atoms with van der Waals surface area (Å²) in [5.41, 5.74) is 8.83. The number of rotatable bonds is 4. The molecule has 0 saturated carbocycles. The highest BCUT2D eigenvalue weighted by Gasteiger charge is 2.10. The van der Waals surface area contributed by atoms with Gasteiger partial charge >= 0.3 is 0 Å². The van der Waals surface area contributed by atoms with Crippen molar-refractivity contribution in [1.82, 2.24) is 15.0 Å². The summed E-state index contributed by atoms with van der Waals surface area (Å²) in [4.78, 5) is 24.6. The van der Waals surface area contributed by atoms with Gasteiger partial charge in [-0.1, -0.05) is 54.1 Å². The Morgan fingerprint density at radius 3 is 2.53 bits per heavy atom. The van der Waals surface area contributed by atoms with E-state index in [0.717, 1.165) is 44.2 Å². The van der Waals surface area contributed by atoms with E-state index in [4.69, 9.17) is 4.98 Å². The number of pyridine rings is 1. The summed E-state index contributed by atoms with van der Waals surface area (Å²) >= 11 is 0. The molecular formula is C26H21N5O. The highest BCUT2D eigenvalue weighted by Crippen LogP contribution is 2.28. The Morgan fingerprint density at radius 2 is 1.69 bits per heavy atom. The molecule has 5 rings (SSSR count). The largest absolute Gasteiger partial charge is 0.321 e. The Bertz CT molecular complexity index is 1540. The zero-order chi connectivity index (χ0) is 22.1. The molecule has 2 aromatic heterocycles. The van der Waals surface area contributed by atoms with Crippen molar-refractivity contribution in [3.8, 4) is 11.3 Å². The summed E-state index contributed by atoms with van der Waals surface area (Å²) in [6.07, 6.45) is 1.49. The molecule has 0 saturated heterocycles. The number of nitrogens with one attached hydrogen (secondary N) is 2. The van der Waals surface area contributed by atoms with Gasteiger partial charge in [-0.2, -0.15) is 5.10 Å². The highest BCUT2D eigenvalue weighted by atomic mass is 16.1. The quantitative estimate of drug-likeness (QED) is 0.310. The second-order valence-electron chi connectivity index (χ2n) is 7.80. The summed E-state index contributed by atoms with van der Waals surface area (Å²) < 4.78 is 0. The van der Waals surface area contributed by atoms with Gasteiger partial charge in [-0.05, 0) is 49.1 Å². The Balaban J connectivity index is 1.51. The molecule has 0 bridgehead atoms. The smallest absolute Gasteiger partial charge is 0.257 e. The van der Waals surface area contributed by atoms with Crippen molar-refractivity contribution in [2.75, 3.05) is 5.43 Å². The topological polar surface area (TPSA) is 83.0 Å². The number of benzene rings is 3. The number of anilines is 1. The number of hydrogen-bond acceptors (Lipinski definition) is 5. The summed E-state index contributed by atoms with van der Waals surface area (Å²) in [5, 5.41) is 6.16. The molecule has 0 atom stereocenters. The van der Waals surface area contributed by atoms with Crippen LogP contribution in [0.2, 0.25) is 0 Å². The molecule has 0 spiro atoms. The Morgan fingerprint density at radius 1 is 0.906 bits per heavy atom. The molecule has 0 radical (unpaired) electrons. The maximum absolute atomic E-state index is 12.4. The molecule has 0 aliphatic rings. The van der Waals surface area contributed by atoms with Crippen LogP contribution in [0.15, 0.2) is 82.7 Å². The molecular weight excluding hydrogens is 398 g/mol. The zero-order valence-electron chi connectivity index (χ0n) is 17.8. The van der Waals surface area contributed by atoms with Crippen LogP contribution in [-0.4, -0.2) is 21.2 Å². The number of aryl methyl sites for hydroxylation is 2. The van der Waals surface area contributed by atoms with Gasteiger partial charge < -0.3 is 4.98 Å². The van der Waals surface area contributed by atoms with Crippen LogP contribution < -0.4 is 11.0 Å². The average Bonchev–Trinajstić information content (AvgIpc) is 2.80. The predicted octanol–water partition coefficient (Wildman–Crippen LogP) is 5.20. The van der Waals surface area contributed by atoms with E-state index in [9.17, 15) is 4.79 Å². The maximum atomic E-state index is 12.4. The molecule has 3 aromatic carbocycles. The third-order valence-electron chi connectivity index (χ3n) is 5.30. The van der Waals surface area contributed by atoms with Crippen molar-refractivity contribution in [2.45, 2.75) is 13.8 Å². The van der Waals surface area contributed by atoms with Crippen LogP contribution in [0.4, 0.5) is 5.95 Å². The van der Waals surface area contributed by atoms with Crippen molar-refractivity contribution >= 4 is 34.0 Å². The first-order valence-electron chi connectivity index (χ1n) is 10.3. The number of aromatic amines is 1. The van der Waals surface area contributed by atoms with Gasteiger partial charge in [0.1, 0.15) is 0 Å². The average molecular weight is 419 g/mol. The van der Waals surface area contributed by atoms with E-state index >= 15 is 0 Å².